The average molecular weight is 850 g/mol. The largest absolute Gasteiger partial charge is 0.469 e. The first-order chi connectivity index (χ1) is 29.8. The first kappa shape index (κ1) is 44.3. The van der Waals surface area contributed by atoms with Crippen LogP contribution in [0.15, 0.2) is 48.5 Å². The second-order valence-electron chi connectivity index (χ2n) is 17.1. The third-order valence-electron chi connectivity index (χ3n) is 12.4. The van der Waals surface area contributed by atoms with Crippen molar-refractivity contribution in [1.29, 1.82) is 0 Å². The Labute approximate surface area is 362 Å². The van der Waals surface area contributed by atoms with Crippen molar-refractivity contribution < 1.29 is 38.1 Å². The fourth-order valence-corrected chi connectivity index (χ4v) is 9.08. The zero-order valence-electron chi connectivity index (χ0n) is 37.0. The lowest BCUT2D eigenvalue weighted by Crippen LogP contribution is -2.51. The number of carbonyl (C=O) groups is 4. The number of aromatic nitrogens is 4. The van der Waals surface area contributed by atoms with Gasteiger partial charge in [0.15, 0.2) is 0 Å². The fraction of sp³-hybridized carbons (Fsp3) is 0.489. The van der Waals surface area contributed by atoms with Gasteiger partial charge in [0.1, 0.15) is 17.7 Å². The van der Waals surface area contributed by atoms with Crippen LogP contribution in [0.4, 0.5) is 4.79 Å². The number of imidazole rings is 2. The second-order valence-corrected chi connectivity index (χ2v) is 17.1. The molecule has 330 valence electrons. The number of benzene rings is 3. The summed E-state index contributed by atoms with van der Waals surface area (Å²) in [6, 6.07) is 15.4. The number of methoxy groups -OCH3 is 4. The van der Waals surface area contributed by atoms with E-state index in [9.17, 15) is 19.2 Å². The van der Waals surface area contributed by atoms with Crippen LogP contribution in [0.3, 0.4) is 0 Å². The molecule has 62 heavy (non-hydrogen) atoms. The number of fused-ring (bicyclic) bond motifs is 2. The van der Waals surface area contributed by atoms with Crippen molar-refractivity contribution >= 4 is 45.9 Å². The van der Waals surface area contributed by atoms with Gasteiger partial charge in [-0.2, -0.15) is 0 Å². The number of aromatic amines is 2. The van der Waals surface area contributed by atoms with Crippen molar-refractivity contribution in [3.05, 3.63) is 71.3 Å². The molecule has 3 N–H and O–H groups in total. The highest BCUT2D eigenvalue weighted by molar-refractivity contribution is 5.89. The number of hydrogen-bond donors (Lipinski definition) is 3. The van der Waals surface area contributed by atoms with E-state index in [2.05, 4.69) is 51.7 Å². The predicted molar refractivity (Wildman–Crippen MR) is 235 cm³/mol. The van der Waals surface area contributed by atoms with Gasteiger partial charge in [0.25, 0.3) is 0 Å². The monoisotopic (exact) mass is 849 g/mol. The molecule has 3 amide bonds. The third kappa shape index (κ3) is 9.05. The molecular weight excluding hydrogens is 791 g/mol. The van der Waals surface area contributed by atoms with E-state index in [0.29, 0.717) is 32.1 Å². The van der Waals surface area contributed by atoms with Gasteiger partial charge >= 0.3 is 12.1 Å². The highest BCUT2D eigenvalue weighted by Gasteiger charge is 2.39. The number of carbonyl (C=O) groups excluding carboxylic acids is 4. The molecule has 0 saturated carbocycles. The molecule has 15 nitrogen and oxygen atoms in total. The molecule has 5 aromatic rings. The van der Waals surface area contributed by atoms with Crippen LogP contribution in [0.2, 0.25) is 0 Å². The number of hydrogen-bond acceptors (Lipinski definition) is 10. The fourth-order valence-electron chi connectivity index (χ4n) is 9.08. The van der Waals surface area contributed by atoms with Crippen molar-refractivity contribution in [3.8, 4) is 22.3 Å². The van der Waals surface area contributed by atoms with Crippen LogP contribution in [-0.2, 0) is 46.5 Å². The van der Waals surface area contributed by atoms with Gasteiger partial charge in [-0.3, -0.25) is 14.4 Å². The Morgan fingerprint density at radius 1 is 0.694 bits per heavy atom. The lowest BCUT2D eigenvalue weighted by molar-refractivity contribution is -0.148. The second kappa shape index (κ2) is 19.1. The topological polar surface area (TPSA) is 181 Å². The molecule has 0 bridgehead atoms. The summed E-state index contributed by atoms with van der Waals surface area (Å²) >= 11 is 0. The van der Waals surface area contributed by atoms with E-state index in [1.807, 2.05) is 49.6 Å². The summed E-state index contributed by atoms with van der Waals surface area (Å²) in [6.07, 6.45) is 2.62. The number of rotatable bonds is 15. The summed E-state index contributed by atoms with van der Waals surface area (Å²) in [5, 5.41) is 2.72. The molecule has 4 atom stereocenters. The van der Waals surface area contributed by atoms with Crippen LogP contribution in [0.5, 0.6) is 0 Å². The number of H-pyrrole nitrogens is 2. The smallest absolute Gasteiger partial charge is 0.407 e. The van der Waals surface area contributed by atoms with Crippen molar-refractivity contribution in [2.75, 3.05) is 41.5 Å². The van der Waals surface area contributed by atoms with E-state index in [1.54, 1.807) is 14.2 Å². The number of esters is 1. The van der Waals surface area contributed by atoms with Crippen LogP contribution in [0.25, 0.3) is 44.3 Å². The van der Waals surface area contributed by atoms with Gasteiger partial charge in [0, 0.05) is 27.3 Å². The molecule has 3 aromatic carbocycles. The Morgan fingerprint density at radius 2 is 1.19 bits per heavy atom. The van der Waals surface area contributed by atoms with Crippen LogP contribution in [-0.4, -0.2) is 101 Å². The standard InChI is InChI=1S/C47H59N7O8/c1-26(2)32(23-41(55)61-7)45(56)53-17-9-11-39(53)43-48-35-15-13-28(21-37(35)50-43)33-19-31(25-60-6)34(20-30(33)24-59-5)29-14-16-36-38(22-29)51-44(49-36)40-12-10-18-54(40)46(57)42(27(3)4)52-47(58)62-8/h13-16,19-22,26-27,32,39-40,42H,9-12,17-18,23-25H2,1-8H3,(H,48,50)(H,49,51)(H,52,58)/t32-,39-,40-,42-/m0/s1. The zero-order valence-corrected chi connectivity index (χ0v) is 37.0. The Bertz CT molecular complexity index is 2270. The van der Waals surface area contributed by atoms with Crippen molar-refractivity contribution in [1.82, 2.24) is 35.1 Å². The summed E-state index contributed by atoms with van der Waals surface area (Å²) in [5.74, 6) is 0.231. The van der Waals surface area contributed by atoms with E-state index in [0.717, 1.165) is 87.0 Å². The number of amides is 3. The number of likely N-dealkylation sites (tertiary alicyclic amines) is 2. The molecule has 2 aliphatic rings. The van der Waals surface area contributed by atoms with Gasteiger partial charge in [0.05, 0.1) is 73.9 Å². The minimum Gasteiger partial charge on any atom is -0.469 e. The molecule has 0 spiro atoms. The Hall–Kier alpha value is -5.80. The van der Waals surface area contributed by atoms with E-state index in [4.69, 9.17) is 28.9 Å². The predicted octanol–water partition coefficient (Wildman–Crippen LogP) is 7.61. The number of nitrogens with one attached hydrogen (secondary N) is 3. The molecule has 2 aromatic heterocycles. The zero-order chi connectivity index (χ0) is 44.2. The maximum Gasteiger partial charge on any atom is 0.407 e. The van der Waals surface area contributed by atoms with Crippen molar-refractivity contribution in [3.63, 3.8) is 0 Å². The summed E-state index contributed by atoms with van der Waals surface area (Å²) in [7, 11) is 6.01. The van der Waals surface area contributed by atoms with Gasteiger partial charge in [-0.05, 0) is 107 Å². The van der Waals surface area contributed by atoms with Gasteiger partial charge in [-0.1, -0.05) is 39.8 Å². The third-order valence-corrected chi connectivity index (χ3v) is 12.4. The van der Waals surface area contributed by atoms with Crippen LogP contribution in [0.1, 0.15) is 94.7 Å². The highest BCUT2D eigenvalue weighted by atomic mass is 16.5. The van der Waals surface area contributed by atoms with E-state index in [1.165, 1.54) is 14.2 Å². The average Bonchev–Trinajstić information content (AvgIpc) is 4.09. The molecule has 2 aliphatic heterocycles. The molecule has 7 rings (SSSR count). The Balaban J connectivity index is 1.18. The first-order valence-corrected chi connectivity index (χ1v) is 21.5. The van der Waals surface area contributed by atoms with Gasteiger partial charge in [0.2, 0.25) is 11.8 Å². The summed E-state index contributed by atoms with van der Waals surface area (Å²) < 4.78 is 21.2. The van der Waals surface area contributed by atoms with E-state index >= 15 is 0 Å². The van der Waals surface area contributed by atoms with Crippen LogP contribution >= 0.6 is 0 Å². The minimum absolute atomic E-state index is 0.0209. The van der Waals surface area contributed by atoms with Crippen LogP contribution in [0, 0.1) is 17.8 Å². The molecule has 2 saturated heterocycles. The molecule has 0 unspecified atom stereocenters. The summed E-state index contributed by atoms with van der Waals surface area (Å²) in [5.41, 5.74) is 9.22. The number of alkyl carbamates (subject to hydrolysis) is 1. The van der Waals surface area contributed by atoms with Crippen LogP contribution < -0.4 is 5.32 Å². The summed E-state index contributed by atoms with van der Waals surface area (Å²) in [4.78, 5) is 72.6. The molecule has 2 fully saturated rings. The molecular formula is C47H59N7O8. The number of nitrogens with zero attached hydrogens (tertiary/aromatic N) is 4. The quantitative estimate of drug-likeness (QED) is 0.0888. The maximum atomic E-state index is 13.8. The van der Waals surface area contributed by atoms with Gasteiger partial charge in [-0.25, -0.2) is 14.8 Å². The Morgan fingerprint density at radius 3 is 1.63 bits per heavy atom. The normalized spacial score (nSPS) is 17.6. The summed E-state index contributed by atoms with van der Waals surface area (Å²) in [6.45, 7) is 9.64. The lowest BCUT2D eigenvalue weighted by atomic mass is 9.90. The van der Waals surface area contributed by atoms with E-state index < -0.39 is 18.1 Å². The maximum absolute atomic E-state index is 13.8. The van der Waals surface area contributed by atoms with Gasteiger partial charge in [-0.15, -0.1) is 0 Å². The molecule has 0 radical (unpaired) electrons. The first-order valence-electron chi connectivity index (χ1n) is 21.5. The lowest BCUT2D eigenvalue weighted by Gasteiger charge is -2.29. The molecule has 4 heterocycles. The van der Waals surface area contributed by atoms with Crippen molar-refractivity contribution in [2.45, 2.75) is 91.1 Å². The highest BCUT2D eigenvalue weighted by Crippen LogP contribution is 2.39. The molecule has 15 heteroatoms. The Kier molecular flexibility index (Phi) is 13.6. The van der Waals surface area contributed by atoms with Crippen molar-refractivity contribution in [2.24, 2.45) is 17.8 Å². The number of ether oxygens (including phenoxy) is 4. The minimum atomic E-state index is -0.717. The molecule has 0 aliphatic carbocycles. The van der Waals surface area contributed by atoms with Gasteiger partial charge < -0.3 is 44.0 Å². The SMILES string of the molecule is COCc1cc(-c2ccc3nc([C@@H]4CCCN4C(=O)[C@@H](NC(=O)OC)C(C)C)[nH]c3c2)c(COC)cc1-c1ccc2nc([C@@H]3CCCN3C(=O)[C@@H](CC(=O)OC)C(C)C)[nH]c2c1. The van der Waals surface area contributed by atoms with E-state index in [-0.39, 0.29) is 48.1 Å².